The molecule has 3 rings (SSSR count). The number of rotatable bonds is 11. The molecule has 2 N–H and O–H groups in total. The number of carbonyl (C=O) groups excluding carboxylic acids is 2. The predicted molar refractivity (Wildman–Crippen MR) is 139 cm³/mol. The van der Waals surface area contributed by atoms with E-state index in [4.69, 9.17) is 18.9 Å². The second-order valence-corrected chi connectivity index (χ2v) is 9.21. The average Bonchev–Trinajstić information content (AvgIpc) is 3.32. The third-order valence-electron chi connectivity index (χ3n) is 5.35. The molecule has 10 heteroatoms. The van der Waals surface area contributed by atoms with Crippen LogP contribution in [0.5, 0.6) is 17.2 Å². The lowest BCUT2D eigenvalue weighted by atomic mass is 10.0. The monoisotopic (exact) mass is 513 g/mol. The minimum atomic E-state index is -0.861. The molecule has 2 aromatic carbocycles. The Bertz CT molecular complexity index is 1170. The van der Waals surface area contributed by atoms with Gasteiger partial charge in [-0.3, -0.25) is 4.79 Å². The number of aryl methyl sites for hydroxylation is 1. The highest BCUT2D eigenvalue weighted by Crippen LogP contribution is 2.38. The van der Waals surface area contributed by atoms with Crippen molar-refractivity contribution in [1.82, 2.24) is 10.3 Å². The van der Waals surface area contributed by atoms with Crippen molar-refractivity contribution < 1.29 is 28.5 Å². The van der Waals surface area contributed by atoms with Gasteiger partial charge in [-0.2, -0.15) is 0 Å². The molecule has 1 amide bonds. The summed E-state index contributed by atoms with van der Waals surface area (Å²) in [4.78, 5) is 30.3. The molecule has 1 heterocycles. The molecular weight excluding hydrogens is 482 g/mol. The van der Waals surface area contributed by atoms with E-state index in [0.29, 0.717) is 28.1 Å². The molecule has 0 spiro atoms. The molecule has 0 saturated carbocycles. The number of methoxy groups -OCH3 is 3. The first-order valence-corrected chi connectivity index (χ1v) is 12.2. The Morgan fingerprint density at radius 3 is 2.19 bits per heavy atom. The van der Waals surface area contributed by atoms with Gasteiger partial charge in [0.1, 0.15) is 12.6 Å². The van der Waals surface area contributed by atoms with Gasteiger partial charge in [0.25, 0.3) is 5.91 Å². The van der Waals surface area contributed by atoms with Gasteiger partial charge in [-0.25, -0.2) is 9.78 Å². The van der Waals surface area contributed by atoms with Crippen LogP contribution in [0.15, 0.2) is 41.8 Å². The maximum Gasteiger partial charge on any atom is 0.329 e. The summed E-state index contributed by atoms with van der Waals surface area (Å²) in [6.07, 6.45) is 0. The van der Waals surface area contributed by atoms with E-state index in [1.54, 1.807) is 0 Å². The van der Waals surface area contributed by atoms with Crippen LogP contribution in [0.2, 0.25) is 0 Å². The Kier molecular flexibility index (Phi) is 9.13. The number of anilines is 2. The number of thiazole rings is 1. The van der Waals surface area contributed by atoms with Crippen LogP contribution in [0.4, 0.5) is 10.8 Å². The van der Waals surface area contributed by atoms with Gasteiger partial charge in [0.15, 0.2) is 16.6 Å². The number of benzene rings is 2. The number of aromatic nitrogens is 1. The third kappa shape index (κ3) is 6.66. The van der Waals surface area contributed by atoms with E-state index in [0.717, 1.165) is 5.69 Å². The molecule has 192 valence electrons. The predicted octanol–water partition coefficient (Wildman–Crippen LogP) is 4.72. The van der Waals surface area contributed by atoms with Gasteiger partial charge < -0.3 is 29.6 Å². The summed E-state index contributed by atoms with van der Waals surface area (Å²) in [7, 11) is 4.41. The van der Waals surface area contributed by atoms with E-state index < -0.39 is 17.9 Å². The maximum absolute atomic E-state index is 13.0. The fourth-order valence-corrected chi connectivity index (χ4v) is 4.08. The lowest BCUT2D eigenvalue weighted by Gasteiger charge is -2.21. The standard InChI is InChI=1S/C26H31N3O6S/c1-15(2)22(29-24(30)17-11-20(32-4)23(34-6)21(12-17)33-5)25(31)35-13-19-14-36-26(28-19)27-18-9-7-16(3)8-10-18/h7-12,14-15,22H,13H2,1-6H3,(H,27,28)(H,29,30)/t22-/m0/s1. The van der Waals surface area contributed by atoms with Crippen molar-refractivity contribution in [2.45, 2.75) is 33.4 Å². The van der Waals surface area contributed by atoms with Crippen molar-refractivity contribution in [3.05, 3.63) is 58.6 Å². The van der Waals surface area contributed by atoms with Crippen LogP contribution in [-0.2, 0) is 16.1 Å². The van der Waals surface area contributed by atoms with E-state index >= 15 is 0 Å². The SMILES string of the molecule is COc1cc(C(=O)N[C@H](C(=O)OCc2csc(Nc3ccc(C)cc3)n2)C(C)C)cc(OC)c1OC. The molecule has 1 aromatic heterocycles. The van der Waals surface area contributed by atoms with Gasteiger partial charge in [0, 0.05) is 16.6 Å². The quantitative estimate of drug-likeness (QED) is 0.355. The van der Waals surface area contributed by atoms with Gasteiger partial charge in [0.2, 0.25) is 5.75 Å². The van der Waals surface area contributed by atoms with Gasteiger partial charge >= 0.3 is 5.97 Å². The van der Waals surface area contributed by atoms with E-state index in [9.17, 15) is 9.59 Å². The topological polar surface area (TPSA) is 108 Å². The fraction of sp³-hybridized carbons (Fsp3) is 0.346. The van der Waals surface area contributed by atoms with Gasteiger partial charge in [-0.05, 0) is 37.1 Å². The summed E-state index contributed by atoms with van der Waals surface area (Å²) >= 11 is 1.42. The Morgan fingerprint density at radius 2 is 1.64 bits per heavy atom. The largest absolute Gasteiger partial charge is 0.493 e. The molecule has 0 fully saturated rings. The summed E-state index contributed by atoms with van der Waals surface area (Å²) in [5.74, 6) is -0.183. The van der Waals surface area contributed by atoms with E-state index in [1.165, 1.54) is 50.4 Å². The molecule has 9 nitrogen and oxygen atoms in total. The molecule has 0 aliphatic rings. The maximum atomic E-state index is 13.0. The highest BCUT2D eigenvalue weighted by molar-refractivity contribution is 7.13. The highest BCUT2D eigenvalue weighted by atomic mass is 32.1. The zero-order chi connectivity index (χ0) is 26.2. The van der Waals surface area contributed by atoms with Crippen LogP contribution >= 0.6 is 11.3 Å². The second-order valence-electron chi connectivity index (χ2n) is 8.35. The molecule has 1 atom stereocenters. The van der Waals surface area contributed by atoms with Crippen LogP contribution < -0.4 is 24.8 Å². The smallest absolute Gasteiger partial charge is 0.329 e. The number of ether oxygens (including phenoxy) is 4. The molecule has 0 aliphatic carbocycles. The molecule has 0 radical (unpaired) electrons. The molecule has 0 saturated heterocycles. The fourth-order valence-electron chi connectivity index (χ4n) is 3.36. The Morgan fingerprint density at radius 1 is 1.00 bits per heavy atom. The van der Waals surface area contributed by atoms with Gasteiger partial charge in [-0.1, -0.05) is 31.5 Å². The first-order chi connectivity index (χ1) is 17.2. The molecule has 0 bridgehead atoms. The number of carbonyl (C=O) groups is 2. The van der Waals surface area contributed by atoms with Gasteiger partial charge in [0.05, 0.1) is 27.0 Å². The Labute approximate surface area is 214 Å². The number of nitrogens with zero attached hydrogens (tertiary/aromatic N) is 1. The normalized spacial score (nSPS) is 11.5. The minimum absolute atomic E-state index is 0.00577. The second kappa shape index (κ2) is 12.3. The molecular formula is C26H31N3O6S. The van der Waals surface area contributed by atoms with Crippen molar-refractivity contribution in [3.8, 4) is 17.2 Å². The Balaban J connectivity index is 1.64. The number of hydrogen-bond acceptors (Lipinski definition) is 9. The van der Waals surface area contributed by atoms with Crippen molar-refractivity contribution in [3.63, 3.8) is 0 Å². The summed E-state index contributed by atoms with van der Waals surface area (Å²) in [5, 5.41) is 8.50. The average molecular weight is 514 g/mol. The van der Waals surface area contributed by atoms with Crippen LogP contribution in [0.3, 0.4) is 0 Å². The molecule has 0 unspecified atom stereocenters. The molecule has 0 aliphatic heterocycles. The van der Waals surface area contributed by atoms with Crippen LogP contribution in [0.25, 0.3) is 0 Å². The third-order valence-corrected chi connectivity index (χ3v) is 6.16. The summed E-state index contributed by atoms with van der Waals surface area (Å²) in [6, 6.07) is 10.2. The van der Waals surface area contributed by atoms with Crippen molar-refractivity contribution in [1.29, 1.82) is 0 Å². The van der Waals surface area contributed by atoms with Gasteiger partial charge in [-0.15, -0.1) is 11.3 Å². The lowest BCUT2D eigenvalue weighted by molar-refractivity contribution is -0.148. The molecule has 36 heavy (non-hydrogen) atoms. The first-order valence-electron chi connectivity index (χ1n) is 11.3. The summed E-state index contributed by atoms with van der Waals surface area (Å²) < 4.78 is 21.4. The van der Waals surface area contributed by atoms with E-state index in [1.807, 2.05) is 50.4 Å². The van der Waals surface area contributed by atoms with Crippen LogP contribution in [0.1, 0.15) is 35.5 Å². The first kappa shape index (κ1) is 26.8. The number of esters is 1. The number of nitrogens with one attached hydrogen (secondary N) is 2. The number of amides is 1. The minimum Gasteiger partial charge on any atom is -0.493 e. The van der Waals surface area contributed by atoms with Crippen molar-refractivity contribution in [2.75, 3.05) is 26.6 Å². The molecule has 3 aromatic rings. The zero-order valence-electron chi connectivity index (χ0n) is 21.2. The number of hydrogen-bond donors (Lipinski definition) is 2. The van der Waals surface area contributed by atoms with Crippen molar-refractivity contribution >= 4 is 34.0 Å². The summed E-state index contributed by atoms with van der Waals surface area (Å²) in [6.45, 7) is 5.67. The summed E-state index contributed by atoms with van der Waals surface area (Å²) in [5.41, 5.74) is 2.97. The highest BCUT2D eigenvalue weighted by Gasteiger charge is 2.27. The zero-order valence-corrected chi connectivity index (χ0v) is 22.0. The van der Waals surface area contributed by atoms with E-state index in [2.05, 4.69) is 15.6 Å². The van der Waals surface area contributed by atoms with E-state index in [-0.39, 0.29) is 18.1 Å². The Hall–Kier alpha value is -3.79. The van der Waals surface area contributed by atoms with Crippen LogP contribution in [0, 0.1) is 12.8 Å². The lowest BCUT2D eigenvalue weighted by Crippen LogP contribution is -2.45. The van der Waals surface area contributed by atoms with Crippen molar-refractivity contribution in [2.24, 2.45) is 5.92 Å². The van der Waals surface area contributed by atoms with Crippen LogP contribution in [-0.4, -0.2) is 44.2 Å².